The van der Waals surface area contributed by atoms with E-state index in [2.05, 4.69) is 6.58 Å². The van der Waals surface area contributed by atoms with Crippen LogP contribution < -0.4 is 0 Å². The summed E-state index contributed by atoms with van der Waals surface area (Å²) in [6.45, 7) is 5.44. The van der Waals surface area contributed by atoms with Gasteiger partial charge in [0.2, 0.25) is 0 Å². The van der Waals surface area contributed by atoms with Crippen LogP contribution in [0, 0.1) is 5.41 Å². The molecule has 0 saturated carbocycles. The summed E-state index contributed by atoms with van der Waals surface area (Å²) >= 11 is 0. The number of hydrogen-bond acceptors (Lipinski definition) is 2. The summed E-state index contributed by atoms with van der Waals surface area (Å²) in [4.78, 5) is 0. The molecule has 2 heteroatoms. The Labute approximate surface area is 67.9 Å². The summed E-state index contributed by atoms with van der Waals surface area (Å²) in [5, 5.41) is 9.14. The lowest BCUT2D eigenvalue weighted by Crippen LogP contribution is -2.34. The largest absolute Gasteiger partial charge is 0.396 e. The molecule has 1 heterocycles. The van der Waals surface area contributed by atoms with Crippen molar-refractivity contribution in [3.05, 3.63) is 12.7 Å². The van der Waals surface area contributed by atoms with Crippen LogP contribution in [0.15, 0.2) is 12.7 Å². The van der Waals surface area contributed by atoms with Gasteiger partial charge in [0.05, 0.1) is 13.2 Å². The van der Waals surface area contributed by atoms with E-state index in [1.165, 1.54) is 0 Å². The van der Waals surface area contributed by atoms with Crippen molar-refractivity contribution in [3.8, 4) is 0 Å². The van der Waals surface area contributed by atoms with Crippen LogP contribution in [0.25, 0.3) is 0 Å². The molecule has 0 aromatic carbocycles. The van der Waals surface area contributed by atoms with Crippen LogP contribution in [-0.2, 0) is 4.74 Å². The quantitative estimate of drug-likeness (QED) is 0.625. The van der Waals surface area contributed by atoms with Crippen molar-refractivity contribution in [2.75, 3.05) is 19.8 Å². The van der Waals surface area contributed by atoms with Crippen molar-refractivity contribution < 1.29 is 9.84 Å². The van der Waals surface area contributed by atoms with E-state index in [1.54, 1.807) is 0 Å². The molecule has 0 bridgehead atoms. The molecular formula is C9H16O2. The standard InChI is InChI=1S/C9H16O2/c1-2-4-9(7-10)5-3-6-11-8-9/h2,10H,1,3-8H2. The van der Waals surface area contributed by atoms with E-state index in [1.807, 2.05) is 6.08 Å². The van der Waals surface area contributed by atoms with Gasteiger partial charge in [0.15, 0.2) is 0 Å². The maximum absolute atomic E-state index is 9.14. The Balaban J connectivity index is 2.49. The van der Waals surface area contributed by atoms with Gasteiger partial charge in [-0.25, -0.2) is 0 Å². The van der Waals surface area contributed by atoms with Crippen LogP contribution in [0.3, 0.4) is 0 Å². The van der Waals surface area contributed by atoms with Gasteiger partial charge in [0.25, 0.3) is 0 Å². The lowest BCUT2D eigenvalue weighted by Gasteiger charge is -2.34. The molecule has 1 fully saturated rings. The number of hydrogen-bond donors (Lipinski definition) is 1. The van der Waals surface area contributed by atoms with E-state index in [0.717, 1.165) is 25.9 Å². The van der Waals surface area contributed by atoms with Gasteiger partial charge < -0.3 is 9.84 Å². The highest BCUT2D eigenvalue weighted by atomic mass is 16.5. The Morgan fingerprint density at radius 2 is 2.45 bits per heavy atom. The smallest absolute Gasteiger partial charge is 0.0547 e. The van der Waals surface area contributed by atoms with Crippen molar-refractivity contribution in [2.24, 2.45) is 5.41 Å². The molecular weight excluding hydrogens is 140 g/mol. The minimum Gasteiger partial charge on any atom is -0.396 e. The zero-order valence-electron chi connectivity index (χ0n) is 6.88. The SMILES string of the molecule is C=CCC1(CO)CCCOC1. The van der Waals surface area contributed by atoms with Gasteiger partial charge >= 0.3 is 0 Å². The second-order valence-corrected chi connectivity index (χ2v) is 3.31. The third-order valence-corrected chi connectivity index (χ3v) is 2.32. The minimum absolute atomic E-state index is 0.0139. The normalized spacial score (nSPS) is 31.7. The Kier molecular flexibility index (Phi) is 3.09. The molecule has 0 spiro atoms. The molecule has 0 aromatic heterocycles. The van der Waals surface area contributed by atoms with Crippen LogP contribution in [0.1, 0.15) is 19.3 Å². The van der Waals surface area contributed by atoms with Crippen LogP contribution in [-0.4, -0.2) is 24.9 Å². The number of rotatable bonds is 3. The van der Waals surface area contributed by atoms with E-state index < -0.39 is 0 Å². The molecule has 1 unspecified atom stereocenters. The Morgan fingerprint density at radius 1 is 1.64 bits per heavy atom. The fraction of sp³-hybridized carbons (Fsp3) is 0.778. The lowest BCUT2D eigenvalue weighted by molar-refractivity contribution is -0.0363. The van der Waals surface area contributed by atoms with Crippen molar-refractivity contribution in [1.29, 1.82) is 0 Å². The maximum Gasteiger partial charge on any atom is 0.0547 e. The Bertz CT molecular complexity index is 126. The average molecular weight is 156 g/mol. The summed E-state index contributed by atoms with van der Waals surface area (Å²) in [6.07, 6.45) is 4.86. The van der Waals surface area contributed by atoms with E-state index >= 15 is 0 Å². The number of aliphatic hydroxyl groups is 1. The molecule has 64 valence electrons. The first-order valence-corrected chi connectivity index (χ1v) is 4.12. The van der Waals surface area contributed by atoms with Crippen molar-refractivity contribution in [3.63, 3.8) is 0 Å². The van der Waals surface area contributed by atoms with Gasteiger partial charge in [0.1, 0.15) is 0 Å². The second-order valence-electron chi connectivity index (χ2n) is 3.31. The summed E-state index contributed by atoms with van der Waals surface area (Å²) in [5.74, 6) is 0. The molecule has 1 rings (SSSR count). The molecule has 1 aliphatic rings. The first-order valence-electron chi connectivity index (χ1n) is 4.12. The number of ether oxygens (including phenoxy) is 1. The minimum atomic E-state index is -0.0139. The monoisotopic (exact) mass is 156 g/mol. The predicted molar refractivity (Wildman–Crippen MR) is 44.4 cm³/mol. The molecule has 1 saturated heterocycles. The highest BCUT2D eigenvalue weighted by Gasteiger charge is 2.30. The van der Waals surface area contributed by atoms with Crippen LogP contribution in [0.4, 0.5) is 0 Å². The molecule has 0 radical (unpaired) electrons. The van der Waals surface area contributed by atoms with Crippen LogP contribution in [0.2, 0.25) is 0 Å². The van der Waals surface area contributed by atoms with Gasteiger partial charge in [0, 0.05) is 12.0 Å². The zero-order valence-corrected chi connectivity index (χ0v) is 6.88. The van der Waals surface area contributed by atoms with Gasteiger partial charge in [-0.3, -0.25) is 0 Å². The van der Waals surface area contributed by atoms with Gasteiger partial charge in [-0.2, -0.15) is 0 Å². The van der Waals surface area contributed by atoms with E-state index in [9.17, 15) is 0 Å². The van der Waals surface area contributed by atoms with Gasteiger partial charge in [-0.05, 0) is 19.3 Å². The highest BCUT2D eigenvalue weighted by molar-refractivity contribution is 4.87. The third-order valence-electron chi connectivity index (χ3n) is 2.32. The fourth-order valence-electron chi connectivity index (χ4n) is 1.57. The third kappa shape index (κ3) is 2.04. The Hall–Kier alpha value is -0.340. The molecule has 1 N–H and O–H groups in total. The molecule has 2 nitrogen and oxygen atoms in total. The molecule has 0 aromatic rings. The topological polar surface area (TPSA) is 29.5 Å². The molecule has 1 aliphatic heterocycles. The summed E-state index contributed by atoms with van der Waals surface area (Å²) in [5.41, 5.74) is -0.0139. The van der Waals surface area contributed by atoms with Crippen molar-refractivity contribution >= 4 is 0 Å². The fourth-order valence-corrected chi connectivity index (χ4v) is 1.57. The van der Waals surface area contributed by atoms with Gasteiger partial charge in [-0.15, -0.1) is 6.58 Å². The molecule has 0 amide bonds. The van der Waals surface area contributed by atoms with E-state index in [4.69, 9.17) is 9.84 Å². The number of allylic oxidation sites excluding steroid dienone is 1. The van der Waals surface area contributed by atoms with Crippen molar-refractivity contribution in [1.82, 2.24) is 0 Å². The van der Waals surface area contributed by atoms with E-state index in [-0.39, 0.29) is 12.0 Å². The van der Waals surface area contributed by atoms with E-state index in [0.29, 0.717) is 6.61 Å². The second kappa shape index (κ2) is 3.88. The lowest BCUT2D eigenvalue weighted by atomic mass is 9.80. The number of aliphatic hydroxyl groups excluding tert-OH is 1. The predicted octanol–water partition coefficient (Wildman–Crippen LogP) is 1.35. The van der Waals surface area contributed by atoms with Crippen LogP contribution in [0.5, 0.6) is 0 Å². The first kappa shape index (κ1) is 8.75. The van der Waals surface area contributed by atoms with Crippen molar-refractivity contribution in [2.45, 2.75) is 19.3 Å². The summed E-state index contributed by atoms with van der Waals surface area (Å²) in [6, 6.07) is 0. The average Bonchev–Trinajstić information content (AvgIpc) is 2.07. The molecule has 1 atom stereocenters. The summed E-state index contributed by atoms with van der Waals surface area (Å²) in [7, 11) is 0. The van der Waals surface area contributed by atoms with Crippen LogP contribution >= 0.6 is 0 Å². The Morgan fingerprint density at radius 3 is 2.91 bits per heavy atom. The maximum atomic E-state index is 9.14. The molecule has 11 heavy (non-hydrogen) atoms. The zero-order chi connectivity index (χ0) is 8.16. The van der Waals surface area contributed by atoms with Gasteiger partial charge in [-0.1, -0.05) is 6.08 Å². The highest BCUT2D eigenvalue weighted by Crippen LogP contribution is 2.31. The summed E-state index contributed by atoms with van der Waals surface area (Å²) < 4.78 is 5.32. The first-order chi connectivity index (χ1) is 5.33. The molecule has 0 aliphatic carbocycles.